The minimum atomic E-state index is 0.337. The first-order chi connectivity index (χ1) is 15.6. The molecule has 0 radical (unpaired) electrons. The second-order valence-electron chi connectivity index (χ2n) is 7.21. The molecule has 0 unspecified atom stereocenters. The number of imidazole rings is 1. The number of hydrogen-bond donors (Lipinski definition) is 1. The lowest BCUT2D eigenvalue weighted by Crippen LogP contribution is -2.36. The van der Waals surface area contributed by atoms with Crippen molar-refractivity contribution in [1.29, 1.82) is 0 Å². The number of hydrogen-bond acceptors (Lipinski definition) is 8. The average molecular weight is 450 g/mol. The summed E-state index contributed by atoms with van der Waals surface area (Å²) in [6.07, 6.45) is 3.12. The lowest BCUT2D eigenvalue weighted by molar-refractivity contribution is 0.354. The van der Waals surface area contributed by atoms with E-state index in [-0.39, 0.29) is 0 Å². The molecule has 4 aromatic rings. The van der Waals surface area contributed by atoms with E-state index in [0.29, 0.717) is 46.6 Å². The van der Waals surface area contributed by atoms with Crippen LogP contribution in [0.2, 0.25) is 5.02 Å². The first-order valence-electron chi connectivity index (χ1n) is 9.85. The molecule has 0 saturated heterocycles. The van der Waals surface area contributed by atoms with Gasteiger partial charge in [-0.3, -0.25) is 0 Å². The molecule has 0 bridgehead atoms. The van der Waals surface area contributed by atoms with Gasteiger partial charge >= 0.3 is 0 Å². The summed E-state index contributed by atoms with van der Waals surface area (Å²) in [5, 5.41) is 0.631. The van der Waals surface area contributed by atoms with Crippen LogP contribution in [0.25, 0.3) is 11.2 Å². The number of amidine groups is 1. The summed E-state index contributed by atoms with van der Waals surface area (Å²) in [6.45, 7) is 0.966. The number of nitrogens with zero attached hydrogens (tertiary/aromatic N) is 6. The number of anilines is 2. The number of aliphatic imine (C=N–C) groups is 1. The smallest absolute Gasteiger partial charge is 0.165 e. The Balaban J connectivity index is 1.64. The molecule has 2 N–H and O–H groups in total. The van der Waals surface area contributed by atoms with Gasteiger partial charge in [0.05, 0.1) is 50.0 Å². The zero-order valence-electron chi connectivity index (χ0n) is 17.5. The first kappa shape index (κ1) is 20.1. The summed E-state index contributed by atoms with van der Waals surface area (Å²) in [7, 11) is 3.22. The molecule has 0 saturated carbocycles. The molecule has 0 fully saturated rings. The van der Waals surface area contributed by atoms with Gasteiger partial charge in [-0.05, 0) is 18.2 Å². The van der Waals surface area contributed by atoms with E-state index in [1.54, 1.807) is 20.5 Å². The molecule has 0 atom stereocenters. The van der Waals surface area contributed by atoms with Crippen molar-refractivity contribution in [3.8, 4) is 11.5 Å². The maximum Gasteiger partial charge on any atom is 0.165 e. The molecule has 5 rings (SSSR count). The lowest BCUT2D eigenvalue weighted by Gasteiger charge is -2.32. The van der Waals surface area contributed by atoms with E-state index in [2.05, 4.69) is 19.9 Å². The minimum absolute atomic E-state index is 0.337. The Kier molecular flexibility index (Phi) is 5.02. The Morgan fingerprint density at radius 1 is 1.06 bits per heavy atom. The number of aromatic nitrogens is 4. The topological polar surface area (TPSA) is 104 Å². The monoisotopic (exact) mass is 449 g/mol. The normalized spacial score (nSPS) is 13.1. The molecule has 0 aliphatic carbocycles. The van der Waals surface area contributed by atoms with Crippen molar-refractivity contribution in [2.24, 2.45) is 4.99 Å². The molecule has 32 heavy (non-hydrogen) atoms. The third-order valence-corrected chi connectivity index (χ3v) is 5.68. The van der Waals surface area contributed by atoms with E-state index in [0.717, 1.165) is 22.8 Å². The first-order valence-corrected chi connectivity index (χ1v) is 10.2. The van der Waals surface area contributed by atoms with Gasteiger partial charge in [0.25, 0.3) is 0 Å². The summed E-state index contributed by atoms with van der Waals surface area (Å²) in [6, 6.07) is 11.5. The van der Waals surface area contributed by atoms with Gasteiger partial charge in [-0.15, -0.1) is 0 Å². The largest absolute Gasteiger partial charge is 0.493 e. The fraction of sp³-hybridized carbons (Fsp3) is 0.182. The van der Waals surface area contributed by atoms with Gasteiger partial charge in [-0.2, -0.15) is 0 Å². The van der Waals surface area contributed by atoms with Crippen molar-refractivity contribution in [3.63, 3.8) is 0 Å². The highest BCUT2D eigenvalue weighted by atomic mass is 35.5. The van der Waals surface area contributed by atoms with Crippen LogP contribution in [0.15, 0.2) is 54.0 Å². The van der Waals surface area contributed by atoms with E-state index in [1.165, 1.54) is 6.33 Å². The summed E-state index contributed by atoms with van der Waals surface area (Å²) < 4.78 is 12.8. The Bertz CT molecular complexity index is 1350. The van der Waals surface area contributed by atoms with Crippen LogP contribution >= 0.6 is 11.6 Å². The molecule has 0 spiro atoms. The van der Waals surface area contributed by atoms with Crippen molar-refractivity contribution < 1.29 is 9.47 Å². The van der Waals surface area contributed by atoms with Crippen LogP contribution in [0.1, 0.15) is 5.56 Å². The number of ether oxygens (including phenoxy) is 2. The van der Waals surface area contributed by atoms with Crippen LogP contribution in [-0.2, 0) is 13.1 Å². The Hall–Kier alpha value is -3.85. The molecule has 0 amide bonds. The van der Waals surface area contributed by atoms with Crippen LogP contribution in [0.5, 0.6) is 11.5 Å². The van der Waals surface area contributed by atoms with E-state index < -0.39 is 0 Å². The maximum absolute atomic E-state index is 6.56. The van der Waals surface area contributed by atoms with Gasteiger partial charge < -0.3 is 24.7 Å². The van der Waals surface area contributed by atoms with E-state index in [4.69, 9.17) is 31.8 Å². The molecule has 3 heterocycles. The molecule has 9 nitrogen and oxygen atoms in total. The van der Waals surface area contributed by atoms with Crippen molar-refractivity contribution >= 4 is 45.8 Å². The third kappa shape index (κ3) is 3.36. The second kappa shape index (κ2) is 8.01. The third-order valence-electron chi connectivity index (χ3n) is 5.36. The molecule has 1 aliphatic heterocycles. The number of rotatable bonds is 5. The number of methoxy groups -OCH3 is 2. The van der Waals surface area contributed by atoms with Crippen LogP contribution in [0, 0.1) is 0 Å². The predicted molar refractivity (Wildman–Crippen MR) is 124 cm³/mol. The number of para-hydroxylation sites is 1. The van der Waals surface area contributed by atoms with E-state index >= 15 is 0 Å². The van der Waals surface area contributed by atoms with Crippen molar-refractivity contribution in [2.75, 3.05) is 24.9 Å². The molecule has 2 aromatic heterocycles. The molecular formula is C22H20ClN7O2. The summed E-state index contributed by atoms with van der Waals surface area (Å²) in [5.41, 5.74) is 9.80. The number of nitrogen functional groups attached to an aromatic ring is 1. The SMILES string of the molecule is COc1cc2c(cc1OC)N=C(Cn1cnc3c(N)ncnc31)N(c1ccccc1Cl)C2. The zero-order valence-corrected chi connectivity index (χ0v) is 18.2. The average Bonchev–Trinajstić information content (AvgIpc) is 3.22. The lowest BCUT2D eigenvalue weighted by atomic mass is 10.1. The Morgan fingerprint density at radius 2 is 1.84 bits per heavy atom. The van der Waals surface area contributed by atoms with Gasteiger partial charge in [0.1, 0.15) is 17.7 Å². The van der Waals surface area contributed by atoms with E-state index in [9.17, 15) is 0 Å². The van der Waals surface area contributed by atoms with Crippen LogP contribution < -0.4 is 20.1 Å². The van der Waals surface area contributed by atoms with Gasteiger partial charge in [-0.25, -0.2) is 19.9 Å². The second-order valence-corrected chi connectivity index (χ2v) is 7.61. The molecule has 162 valence electrons. The highest BCUT2D eigenvalue weighted by Crippen LogP contribution is 2.40. The van der Waals surface area contributed by atoms with Crippen LogP contribution in [0.3, 0.4) is 0 Å². The van der Waals surface area contributed by atoms with Crippen molar-refractivity contribution in [2.45, 2.75) is 13.1 Å². The number of benzene rings is 2. The molecule has 2 aromatic carbocycles. The quantitative estimate of drug-likeness (QED) is 0.493. The maximum atomic E-state index is 6.56. The summed E-state index contributed by atoms with van der Waals surface area (Å²) >= 11 is 6.56. The van der Waals surface area contributed by atoms with Crippen molar-refractivity contribution in [3.05, 3.63) is 59.6 Å². The molecule has 1 aliphatic rings. The van der Waals surface area contributed by atoms with Gasteiger partial charge in [0.15, 0.2) is 23.0 Å². The Labute approximate surface area is 189 Å². The van der Waals surface area contributed by atoms with Gasteiger partial charge in [0, 0.05) is 11.6 Å². The van der Waals surface area contributed by atoms with E-state index in [1.807, 2.05) is 41.0 Å². The number of fused-ring (bicyclic) bond motifs is 2. The van der Waals surface area contributed by atoms with Crippen molar-refractivity contribution in [1.82, 2.24) is 19.5 Å². The van der Waals surface area contributed by atoms with Crippen LogP contribution in [0.4, 0.5) is 17.2 Å². The molecular weight excluding hydrogens is 430 g/mol. The summed E-state index contributed by atoms with van der Waals surface area (Å²) in [5.74, 6) is 2.38. The number of halogens is 1. The highest BCUT2D eigenvalue weighted by Gasteiger charge is 2.25. The molecule has 10 heteroatoms. The fourth-order valence-electron chi connectivity index (χ4n) is 3.78. The Morgan fingerprint density at radius 3 is 2.62 bits per heavy atom. The minimum Gasteiger partial charge on any atom is -0.493 e. The fourth-order valence-corrected chi connectivity index (χ4v) is 4.02. The van der Waals surface area contributed by atoms with Gasteiger partial charge in [-0.1, -0.05) is 23.7 Å². The summed E-state index contributed by atoms with van der Waals surface area (Å²) in [4.78, 5) is 19.8. The predicted octanol–water partition coefficient (Wildman–Crippen LogP) is 3.83. The highest BCUT2D eigenvalue weighted by molar-refractivity contribution is 6.34. The van der Waals surface area contributed by atoms with Gasteiger partial charge in [0.2, 0.25) is 0 Å². The standard InChI is InChI=1S/C22H20ClN7O2/c1-31-17-7-13-9-30(16-6-4-3-5-14(16)23)19(28-15(13)8-18(17)32-2)10-29-12-27-20-21(24)25-11-26-22(20)29/h3-8,11-12H,9-10H2,1-2H3,(H2,24,25,26). The number of nitrogens with two attached hydrogens (primary N) is 1. The van der Waals surface area contributed by atoms with Crippen LogP contribution in [-0.4, -0.2) is 39.6 Å². The zero-order chi connectivity index (χ0) is 22.2.